The van der Waals surface area contributed by atoms with Crippen LogP contribution in [0.15, 0.2) is 73.4 Å². The molecule has 16 heteroatoms. The molecule has 4 atom stereocenters. The predicted octanol–water partition coefficient (Wildman–Crippen LogP) is 4.65. The van der Waals surface area contributed by atoms with Crippen molar-refractivity contribution in [1.29, 1.82) is 0 Å². The molecule has 0 unspecified atom stereocenters. The van der Waals surface area contributed by atoms with E-state index < -0.39 is 24.3 Å². The molecule has 2 aliphatic heterocycles. The molecule has 2 aliphatic rings. The van der Waals surface area contributed by atoms with E-state index in [1.807, 2.05) is 31.3 Å². The minimum atomic E-state index is -1.07. The molecule has 0 spiro atoms. The number of rotatable bonds is 11. The largest absolute Gasteiger partial charge is 0.453 e. The van der Waals surface area contributed by atoms with Crippen molar-refractivity contribution < 1.29 is 28.7 Å². The topological polar surface area (TPSA) is 206 Å². The first-order chi connectivity index (χ1) is 26.6. The second kappa shape index (κ2) is 15.9. The fourth-order valence-corrected chi connectivity index (χ4v) is 7.44. The van der Waals surface area contributed by atoms with Crippen LogP contribution in [0.25, 0.3) is 33.6 Å². The lowest BCUT2D eigenvalue weighted by atomic mass is 10.0. The number of hydrogen-bond donors (Lipinski definition) is 4. The Balaban J connectivity index is 0.996. The van der Waals surface area contributed by atoms with Gasteiger partial charge in [0.2, 0.25) is 5.91 Å². The van der Waals surface area contributed by atoms with E-state index in [-0.39, 0.29) is 30.3 Å². The minimum absolute atomic E-state index is 0.159. The van der Waals surface area contributed by atoms with Gasteiger partial charge in [-0.2, -0.15) is 0 Å². The Morgan fingerprint density at radius 1 is 0.818 bits per heavy atom. The van der Waals surface area contributed by atoms with Gasteiger partial charge in [-0.3, -0.25) is 9.59 Å². The molecular formula is C39H44N10O6. The number of carbonyl (C=O) groups is 4. The van der Waals surface area contributed by atoms with Gasteiger partial charge in [0.25, 0.3) is 5.91 Å². The Bertz CT molecular complexity index is 2160. The van der Waals surface area contributed by atoms with Gasteiger partial charge >= 0.3 is 12.2 Å². The second-order valence-corrected chi connectivity index (χ2v) is 13.9. The van der Waals surface area contributed by atoms with Crippen LogP contribution < -0.4 is 11.1 Å². The molecule has 16 nitrogen and oxygen atoms in total. The molecule has 2 saturated heterocycles. The summed E-state index contributed by atoms with van der Waals surface area (Å²) in [7, 11) is 3.08. The Kier molecular flexibility index (Phi) is 10.7. The van der Waals surface area contributed by atoms with Crippen LogP contribution in [0.5, 0.6) is 0 Å². The van der Waals surface area contributed by atoms with Crippen molar-refractivity contribution in [3.63, 3.8) is 0 Å². The number of benzene rings is 2. The lowest BCUT2D eigenvalue weighted by Gasteiger charge is -2.27. The van der Waals surface area contributed by atoms with Crippen molar-refractivity contribution in [3.8, 4) is 33.6 Å². The van der Waals surface area contributed by atoms with E-state index in [1.54, 1.807) is 46.2 Å². The first-order valence-electron chi connectivity index (χ1n) is 18.3. The molecule has 0 aliphatic carbocycles. The van der Waals surface area contributed by atoms with Crippen LogP contribution in [0.2, 0.25) is 0 Å². The monoisotopic (exact) mass is 748 g/mol. The van der Waals surface area contributed by atoms with Gasteiger partial charge in [0.1, 0.15) is 17.7 Å². The molecule has 2 fully saturated rings. The van der Waals surface area contributed by atoms with Gasteiger partial charge in [0.15, 0.2) is 6.10 Å². The van der Waals surface area contributed by atoms with Crippen LogP contribution >= 0.6 is 0 Å². The van der Waals surface area contributed by atoms with Crippen molar-refractivity contribution >= 4 is 24.0 Å². The van der Waals surface area contributed by atoms with E-state index in [4.69, 9.17) is 10.5 Å². The third kappa shape index (κ3) is 7.93. The van der Waals surface area contributed by atoms with Crippen LogP contribution in [-0.4, -0.2) is 95.6 Å². The Morgan fingerprint density at radius 2 is 1.33 bits per heavy atom. The Labute approximate surface area is 317 Å². The summed E-state index contributed by atoms with van der Waals surface area (Å²) in [6.07, 6.45) is 7.37. The molecule has 7 rings (SSSR count). The number of alkyl carbamates (subject to hydrolysis) is 1. The van der Waals surface area contributed by atoms with Crippen molar-refractivity contribution in [3.05, 3.63) is 90.8 Å². The summed E-state index contributed by atoms with van der Waals surface area (Å²) in [6.45, 7) is 2.75. The Hall–Kier alpha value is -6.45. The lowest BCUT2D eigenvalue weighted by Crippen LogP contribution is -2.46. The average Bonchev–Trinajstić information content (AvgIpc) is 4.04. The number of nitrogens with zero attached hydrogens (tertiary/aromatic N) is 6. The van der Waals surface area contributed by atoms with Crippen molar-refractivity contribution in [2.24, 2.45) is 12.8 Å². The number of hydrogen-bond acceptors (Lipinski definition) is 9. The smallest absolute Gasteiger partial charge is 0.407 e. The number of imidazole rings is 3. The average molecular weight is 749 g/mol. The summed E-state index contributed by atoms with van der Waals surface area (Å²) in [5, 5.41) is 2.55. The third-order valence-electron chi connectivity index (χ3n) is 10.4. The first kappa shape index (κ1) is 36.9. The number of ether oxygens (including phenoxy) is 2. The quantitative estimate of drug-likeness (QED) is 0.148. The van der Waals surface area contributed by atoms with Gasteiger partial charge < -0.3 is 44.9 Å². The number of nitrogens with two attached hydrogens (primary N) is 1. The highest BCUT2D eigenvalue weighted by molar-refractivity contribution is 5.86. The number of methoxy groups -OCH3 is 1. The maximum atomic E-state index is 13.7. The zero-order valence-electron chi connectivity index (χ0n) is 30.9. The van der Waals surface area contributed by atoms with Gasteiger partial charge in [-0.1, -0.05) is 48.5 Å². The molecule has 5 heterocycles. The molecular weight excluding hydrogens is 704 g/mol. The summed E-state index contributed by atoms with van der Waals surface area (Å²) in [5.41, 5.74) is 11.7. The van der Waals surface area contributed by atoms with Gasteiger partial charge in [-0.05, 0) is 54.9 Å². The van der Waals surface area contributed by atoms with Gasteiger partial charge in [-0.15, -0.1) is 0 Å². The zero-order valence-corrected chi connectivity index (χ0v) is 30.9. The first-order valence-corrected chi connectivity index (χ1v) is 18.3. The lowest BCUT2D eigenvalue weighted by molar-refractivity contribution is -0.141. The number of aromatic nitrogens is 6. The number of nitrogens with one attached hydrogen (secondary N) is 3. The zero-order chi connectivity index (χ0) is 38.6. The molecule has 5 N–H and O–H groups in total. The van der Waals surface area contributed by atoms with E-state index in [1.165, 1.54) is 7.11 Å². The molecule has 286 valence electrons. The summed E-state index contributed by atoms with van der Waals surface area (Å²) < 4.78 is 11.7. The fraction of sp³-hybridized carbons (Fsp3) is 0.359. The van der Waals surface area contributed by atoms with Gasteiger partial charge in [0.05, 0.1) is 49.3 Å². The van der Waals surface area contributed by atoms with E-state index >= 15 is 0 Å². The number of aromatic amines is 2. The molecule has 0 saturated carbocycles. The highest BCUT2D eigenvalue weighted by atomic mass is 16.6. The SMILES string of the molecule is COC(=O)N[C@@H](C)C(=O)N1CCC[C@H]1c1ncc(-c2ccc(-c3ccc(-c4cnc([C@@H]5CCCN5C(=O)[C@H](Cc5cncn5C)OC(N)=O)[nH]4)cc3)cc2)[nH]1. The van der Waals surface area contributed by atoms with E-state index in [2.05, 4.69) is 59.2 Å². The molecule has 55 heavy (non-hydrogen) atoms. The molecule has 0 bridgehead atoms. The van der Waals surface area contributed by atoms with Crippen molar-refractivity contribution in [2.45, 2.75) is 63.3 Å². The predicted molar refractivity (Wildman–Crippen MR) is 201 cm³/mol. The number of aryl methyl sites for hydroxylation is 1. The van der Waals surface area contributed by atoms with Gasteiger partial charge in [0, 0.05) is 38.4 Å². The second-order valence-electron chi connectivity index (χ2n) is 13.9. The van der Waals surface area contributed by atoms with E-state index in [0.717, 1.165) is 65.0 Å². The molecule has 4 amide bonds. The number of amides is 4. The normalized spacial score (nSPS) is 17.9. The van der Waals surface area contributed by atoms with E-state index in [9.17, 15) is 19.2 Å². The fourth-order valence-electron chi connectivity index (χ4n) is 7.44. The Morgan fingerprint density at radius 3 is 1.80 bits per heavy atom. The highest BCUT2D eigenvalue weighted by Gasteiger charge is 2.38. The molecule has 5 aromatic rings. The summed E-state index contributed by atoms with van der Waals surface area (Å²) >= 11 is 0. The van der Waals surface area contributed by atoms with Crippen molar-refractivity contribution in [1.82, 2.24) is 44.6 Å². The minimum Gasteiger partial charge on any atom is -0.453 e. The van der Waals surface area contributed by atoms with Crippen LogP contribution in [0.3, 0.4) is 0 Å². The number of H-pyrrole nitrogens is 2. The molecule has 3 aromatic heterocycles. The third-order valence-corrected chi connectivity index (χ3v) is 10.4. The van der Waals surface area contributed by atoms with Crippen molar-refractivity contribution in [2.75, 3.05) is 20.2 Å². The maximum Gasteiger partial charge on any atom is 0.407 e. The van der Waals surface area contributed by atoms with Crippen LogP contribution in [0.4, 0.5) is 9.59 Å². The maximum absolute atomic E-state index is 13.7. The number of carbonyl (C=O) groups excluding carboxylic acids is 4. The van der Waals surface area contributed by atoms with Crippen LogP contribution in [0, 0.1) is 0 Å². The molecule has 0 radical (unpaired) electrons. The van der Waals surface area contributed by atoms with E-state index in [0.29, 0.717) is 24.7 Å². The summed E-state index contributed by atoms with van der Waals surface area (Å²) in [5.74, 6) is 0.874. The van der Waals surface area contributed by atoms with Gasteiger partial charge in [-0.25, -0.2) is 24.5 Å². The molecule has 2 aromatic carbocycles. The standard InChI is InChI=1S/C39H44N10O6/c1-23(44-39(53)54-3)36(50)48-16-4-6-31(48)34-42-20-29(45-34)26-12-8-24(9-13-26)25-10-14-27(15-11-25)30-21-43-35(46-30)32-7-5-17-49(32)37(51)33(55-38(40)52)18-28-19-41-22-47(28)2/h8-15,19-23,31-33H,4-7,16-18H2,1-3H3,(H2,40,52)(H,42,45)(H,43,46)(H,44,53)/t23-,31-,32-,33-/m0/s1. The summed E-state index contributed by atoms with van der Waals surface area (Å²) in [4.78, 5) is 73.8. The summed E-state index contributed by atoms with van der Waals surface area (Å²) in [6, 6.07) is 15.1. The number of primary amides is 1. The van der Waals surface area contributed by atoms with Crippen LogP contribution in [-0.2, 0) is 32.5 Å². The number of likely N-dealkylation sites (tertiary alicyclic amines) is 2. The highest BCUT2D eigenvalue weighted by Crippen LogP contribution is 2.35. The van der Waals surface area contributed by atoms with Crippen LogP contribution in [0.1, 0.15) is 62.0 Å².